The van der Waals surface area contributed by atoms with Crippen molar-refractivity contribution >= 4 is 28.3 Å². The van der Waals surface area contributed by atoms with Crippen LogP contribution in [0.25, 0.3) is 22.4 Å². The number of carbonyl (C=O) groups is 1. The van der Waals surface area contributed by atoms with Crippen LogP contribution in [0.3, 0.4) is 0 Å². The summed E-state index contributed by atoms with van der Waals surface area (Å²) in [6.45, 7) is 6.30. The molecule has 0 spiro atoms. The minimum atomic E-state index is -0.431. The molecule has 4 rings (SSSR count). The van der Waals surface area contributed by atoms with E-state index in [1.165, 1.54) is 22.8 Å². The number of benzene rings is 2. The second-order valence-electron chi connectivity index (χ2n) is 7.15. The number of thiazole rings is 1. The maximum Gasteiger partial charge on any atom is 0.308 e. The Kier molecular flexibility index (Phi) is 6.69. The molecule has 2 aromatic heterocycles. The number of nitrogens with zero attached hydrogens (tertiary/aromatic N) is 3. The third-order valence-corrected chi connectivity index (χ3v) is 5.55. The van der Waals surface area contributed by atoms with Gasteiger partial charge in [-0.1, -0.05) is 24.3 Å². The first-order valence-corrected chi connectivity index (χ1v) is 11.4. The van der Waals surface area contributed by atoms with Crippen LogP contribution in [-0.2, 0) is 4.79 Å². The largest absolute Gasteiger partial charge is 0.494 e. The third kappa shape index (κ3) is 5.04. The summed E-state index contributed by atoms with van der Waals surface area (Å²) in [7, 11) is 0. The van der Waals surface area contributed by atoms with Gasteiger partial charge in [0.2, 0.25) is 4.96 Å². The van der Waals surface area contributed by atoms with E-state index in [2.05, 4.69) is 17.0 Å². The zero-order chi connectivity index (χ0) is 23.4. The molecule has 0 aliphatic rings. The summed E-state index contributed by atoms with van der Waals surface area (Å²) in [5, 5.41) is 4.39. The molecule has 0 aliphatic heterocycles. The lowest BCUT2D eigenvalue weighted by molar-refractivity contribution is -0.132. The molecule has 0 N–H and O–H groups in total. The Bertz CT molecular complexity index is 1390. The fourth-order valence-electron chi connectivity index (χ4n) is 3.15. The number of aromatic nitrogens is 3. The number of rotatable bonds is 8. The van der Waals surface area contributed by atoms with Gasteiger partial charge in [-0.25, -0.2) is 0 Å². The van der Waals surface area contributed by atoms with Crippen molar-refractivity contribution in [1.29, 1.82) is 0 Å². The lowest BCUT2D eigenvalue weighted by Gasteiger charge is -2.10. The van der Waals surface area contributed by atoms with Gasteiger partial charge in [-0.05, 0) is 61.4 Å². The van der Waals surface area contributed by atoms with Gasteiger partial charge in [0, 0.05) is 12.5 Å². The molecule has 0 fully saturated rings. The zero-order valence-electron chi connectivity index (χ0n) is 18.5. The molecule has 0 aliphatic carbocycles. The highest BCUT2D eigenvalue weighted by Crippen LogP contribution is 2.29. The molecule has 0 bridgehead atoms. The molecular weight excluding hydrogens is 442 g/mol. The van der Waals surface area contributed by atoms with Gasteiger partial charge >= 0.3 is 5.97 Å². The Morgan fingerprint density at radius 1 is 1.09 bits per heavy atom. The van der Waals surface area contributed by atoms with Crippen LogP contribution in [0.2, 0.25) is 0 Å². The van der Waals surface area contributed by atoms with Crippen molar-refractivity contribution in [3.05, 3.63) is 62.9 Å². The van der Waals surface area contributed by atoms with Crippen molar-refractivity contribution in [1.82, 2.24) is 14.6 Å². The van der Waals surface area contributed by atoms with E-state index in [9.17, 15) is 9.59 Å². The molecule has 0 atom stereocenters. The molecular formula is C24H23N3O5S. The summed E-state index contributed by atoms with van der Waals surface area (Å²) in [6, 6.07) is 12.6. The summed E-state index contributed by atoms with van der Waals surface area (Å²) < 4.78 is 18.1. The Morgan fingerprint density at radius 2 is 1.88 bits per heavy atom. The van der Waals surface area contributed by atoms with Crippen molar-refractivity contribution in [3.63, 3.8) is 0 Å². The smallest absolute Gasteiger partial charge is 0.308 e. The van der Waals surface area contributed by atoms with Gasteiger partial charge in [0.1, 0.15) is 5.75 Å². The predicted octanol–water partition coefficient (Wildman–Crippen LogP) is 3.48. The molecule has 0 amide bonds. The molecule has 8 nitrogen and oxygen atoms in total. The molecule has 0 saturated carbocycles. The highest BCUT2D eigenvalue weighted by Gasteiger charge is 2.13. The predicted molar refractivity (Wildman–Crippen MR) is 126 cm³/mol. The van der Waals surface area contributed by atoms with Gasteiger partial charge in [0.25, 0.3) is 5.56 Å². The minimum absolute atomic E-state index is 0.251. The fourth-order valence-corrected chi connectivity index (χ4v) is 4.06. The number of carbonyl (C=O) groups excluding carboxylic acids is 1. The van der Waals surface area contributed by atoms with Crippen molar-refractivity contribution in [2.24, 2.45) is 0 Å². The molecule has 2 heterocycles. The second-order valence-corrected chi connectivity index (χ2v) is 8.16. The first-order valence-electron chi connectivity index (χ1n) is 10.6. The van der Waals surface area contributed by atoms with E-state index in [1.54, 1.807) is 24.3 Å². The van der Waals surface area contributed by atoms with E-state index in [-0.39, 0.29) is 5.56 Å². The SMILES string of the molecule is CCCOc1ccc(-c2nc3s/c(=C/c4ccc(OC(C)=O)c(OCC)c4)c(=O)n3n2)cc1. The van der Waals surface area contributed by atoms with Crippen molar-refractivity contribution < 1.29 is 19.0 Å². The zero-order valence-corrected chi connectivity index (χ0v) is 19.3. The molecule has 0 radical (unpaired) electrons. The van der Waals surface area contributed by atoms with Gasteiger partial charge in [-0.3, -0.25) is 9.59 Å². The number of ether oxygens (including phenoxy) is 3. The summed E-state index contributed by atoms with van der Waals surface area (Å²) in [6.07, 6.45) is 2.68. The lowest BCUT2D eigenvalue weighted by Crippen LogP contribution is -2.23. The van der Waals surface area contributed by atoms with Gasteiger partial charge in [0.05, 0.1) is 17.7 Å². The van der Waals surface area contributed by atoms with Crippen LogP contribution < -0.4 is 24.3 Å². The molecule has 9 heteroatoms. The average molecular weight is 466 g/mol. The topological polar surface area (TPSA) is 92.0 Å². The average Bonchev–Trinajstić information content (AvgIpc) is 3.34. The quantitative estimate of drug-likeness (QED) is 0.291. The lowest BCUT2D eigenvalue weighted by atomic mass is 10.2. The Balaban J connectivity index is 1.64. The van der Waals surface area contributed by atoms with Crippen LogP contribution in [-0.4, -0.2) is 33.8 Å². The van der Waals surface area contributed by atoms with Crippen LogP contribution in [0.15, 0.2) is 47.3 Å². The number of esters is 1. The normalized spacial score (nSPS) is 11.7. The Morgan fingerprint density at radius 3 is 2.55 bits per heavy atom. The number of hydrogen-bond donors (Lipinski definition) is 0. The minimum Gasteiger partial charge on any atom is -0.494 e. The van der Waals surface area contributed by atoms with E-state index in [0.717, 1.165) is 23.3 Å². The van der Waals surface area contributed by atoms with Gasteiger partial charge in [0.15, 0.2) is 17.3 Å². The monoisotopic (exact) mass is 465 g/mol. The third-order valence-electron chi connectivity index (χ3n) is 4.59. The summed E-state index contributed by atoms with van der Waals surface area (Å²) in [5.74, 6) is 1.61. The molecule has 170 valence electrons. The van der Waals surface area contributed by atoms with Gasteiger partial charge < -0.3 is 14.2 Å². The highest BCUT2D eigenvalue weighted by molar-refractivity contribution is 7.15. The van der Waals surface area contributed by atoms with Crippen molar-refractivity contribution in [2.75, 3.05) is 13.2 Å². The Labute approximate surface area is 194 Å². The second kappa shape index (κ2) is 9.83. The van der Waals surface area contributed by atoms with E-state index in [4.69, 9.17) is 14.2 Å². The van der Waals surface area contributed by atoms with Gasteiger partial charge in [-0.2, -0.15) is 9.50 Å². The first-order chi connectivity index (χ1) is 16.0. The molecule has 33 heavy (non-hydrogen) atoms. The van der Waals surface area contributed by atoms with Crippen LogP contribution in [0.5, 0.6) is 17.2 Å². The number of fused-ring (bicyclic) bond motifs is 1. The highest BCUT2D eigenvalue weighted by atomic mass is 32.1. The molecule has 4 aromatic rings. The fraction of sp³-hybridized carbons (Fsp3) is 0.250. The van der Waals surface area contributed by atoms with Crippen LogP contribution >= 0.6 is 11.3 Å². The molecule has 0 unspecified atom stereocenters. The first kappa shape index (κ1) is 22.5. The molecule has 0 saturated heterocycles. The summed E-state index contributed by atoms with van der Waals surface area (Å²) in [4.78, 5) is 29.2. The van der Waals surface area contributed by atoms with Crippen LogP contribution in [0, 0.1) is 0 Å². The van der Waals surface area contributed by atoms with E-state index < -0.39 is 5.97 Å². The maximum absolute atomic E-state index is 12.9. The maximum atomic E-state index is 12.9. The summed E-state index contributed by atoms with van der Waals surface area (Å²) in [5.41, 5.74) is 1.29. The van der Waals surface area contributed by atoms with Crippen LogP contribution in [0.4, 0.5) is 0 Å². The standard InChI is InChI=1S/C24H23N3O5S/c1-4-12-31-18-9-7-17(8-10-18)22-25-24-27(26-22)23(29)21(33-24)14-16-6-11-19(32-15(3)28)20(13-16)30-5-2/h6-11,13-14H,4-5,12H2,1-3H3/b21-14+. The molecule has 2 aromatic carbocycles. The van der Waals surface area contributed by atoms with Gasteiger partial charge in [-0.15, -0.1) is 5.10 Å². The van der Waals surface area contributed by atoms with Crippen molar-refractivity contribution in [2.45, 2.75) is 27.2 Å². The van der Waals surface area contributed by atoms with Crippen molar-refractivity contribution in [3.8, 4) is 28.6 Å². The van der Waals surface area contributed by atoms with E-state index in [0.29, 0.717) is 40.0 Å². The Hall–Kier alpha value is -3.72. The summed E-state index contributed by atoms with van der Waals surface area (Å²) >= 11 is 1.25. The van der Waals surface area contributed by atoms with E-state index >= 15 is 0 Å². The van der Waals surface area contributed by atoms with Crippen LogP contribution in [0.1, 0.15) is 32.8 Å². The number of hydrogen-bond acceptors (Lipinski definition) is 8. The van der Waals surface area contributed by atoms with E-state index in [1.807, 2.05) is 31.2 Å².